The average Bonchev–Trinajstić information content (AvgIpc) is 3.24. The van der Waals surface area contributed by atoms with Crippen molar-refractivity contribution in [3.8, 4) is 39.9 Å². The molecule has 2 aromatic carbocycles. The van der Waals surface area contributed by atoms with Crippen LogP contribution in [-0.2, 0) is 0 Å². The van der Waals surface area contributed by atoms with Crippen LogP contribution < -0.4 is 4.74 Å². The summed E-state index contributed by atoms with van der Waals surface area (Å²) in [7, 11) is 1.61. The van der Waals surface area contributed by atoms with E-state index in [0.29, 0.717) is 5.69 Å². The van der Waals surface area contributed by atoms with Gasteiger partial charge in [0.05, 0.1) is 12.0 Å². The smallest absolute Gasteiger partial charge is 0.282 e. The molecular weight excluding hydrogens is 360 g/mol. The van der Waals surface area contributed by atoms with Crippen molar-refractivity contribution in [1.82, 2.24) is 15.2 Å². The van der Waals surface area contributed by atoms with E-state index in [1.165, 1.54) is 6.07 Å². The number of nitrogens with zero attached hydrogens (tertiary/aromatic N) is 4. The van der Waals surface area contributed by atoms with Crippen LogP contribution in [0.1, 0.15) is 0 Å². The first-order valence-electron chi connectivity index (χ1n) is 8.34. The largest absolute Gasteiger partial charge is 0.497 e. The summed E-state index contributed by atoms with van der Waals surface area (Å²) in [6.07, 6.45) is 1.64. The first-order valence-corrected chi connectivity index (χ1v) is 8.34. The number of nitro benzene ring substituents is 1. The summed E-state index contributed by atoms with van der Waals surface area (Å²) in [5.74, 6) is 0.987. The second kappa shape index (κ2) is 7.28. The number of benzene rings is 2. The molecule has 0 unspecified atom stereocenters. The minimum Gasteiger partial charge on any atom is -0.497 e. The third-order valence-electron chi connectivity index (χ3n) is 4.14. The SMILES string of the molecule is COc1cccc(-c2ccnc(-c3nnc(-c4ccccc4[N+](=O)[O-])o3)c2)c1. The molecule has 0 saturated carbocycles. The standard InChI is InChI=1S/C20H14N4O4/c1-27-15-6-4-5-13(11-15)14-9-10-21-17(12-14)20-23-22-19(28-20)16-7-2-3-8-18(16)24(25)26/h2-12H,1H3. The third kappa shape index (κ3) is 3.30. The van der Waals surface area contributed by atoms with Crippen LogP contribution in [-0.4, -0.2) is 27.2 Å². The molecule has 0 radical (unpaired) electrons. The van der Waals surface area contributed by atoms with E-state index in [4.69, 9.17) is 9.15 Å². The Hall–Kier alpha value is -4.07. The van der Waals surface area contributed by atoms with Crippen LogP contribution >= 0.6 is 0 Å². The van der Waals surface area contributed by atoms with Crippen LogP contribution in [0, 0.1) is 10.1 Å². The molecule has 28 heavy (non-hydrogen) atoms. The summed E-state index contributed by atoms with van der Waals surface area (Å²) < 4.78 is 10.9. The maximum atomic E-state index is 11.2. The Kier molecular flexibility index (Phi) is 4.51. The van der Waals surface area contributed by atoms with E-state index in [-0.39, 0.29) is 23.0 Å². The lowest BCUT2D eigenvalue weighted by atomic mass is 10.1. The molecule has 8 heteroatoms. The van der Waals surface area contributed by atoms with Gasteiger partial charge in [-0.05, 0) is 41.5 Å². The highest BCUT2D eigenvalue weighted by atomic mass is 16.6. The monoisotopic (exact) mass is 374 g/mol. The number of para-hydroxylation sites is 1. The molecule has 8 nitrogen and oxygen atoms in total. The number of hydrogen-bond acceptors (Lipinski definition) is 7. The second-order valence-electron chi connectivity index (χ2n) is 5.85. The number of ether oxygens (including phenoxy) is 1. The molecule has 0 spiro atoms. The fourth-order valence-electron chi connectivity index (χ4n) is 2.78. The van der Waals surface area contributed by atoms with E-state index in [2.05, 4.69) is 15.2 Å². The zero-order chi connectivity index (χ0) is 19.5. The Bertz CT molecular complexity index is 1160. The van der Waals surface area contributed by atoms with Gasteiger partial charge in [-0.3, -0.25) is 15.1 Å². The first-order chi connectivity index (χ1) is 13.7. The molecule has 0 aliphatic heterocycles. The number of aromatic nitrogens is 3. The van der Waals surface area contributed by atoms with Gasteiger partial charge in [0.15, 0.2) is 0 Å². The Morgan fingerprint density at radius 1 is 0.964 bits per heavy atom. The lowest BCUT2D eigenvalue weighted by Crippen LogP contribution is -1.91. The molecule has 0 aliphatic rings. The maximum absolute atomic E-state index is 11.2. The fraction of sp³-hybridized carbons (Fsp3) is 0.0500. The summed E-state index contributed by atoms with van der Waals surface area (Å²) in [5, 5.41) is 19.2. The number of hydrogen-bond donors (Lipinski definition) is 0. The van der Waals surface area contributed by atoms with E-state index in [1.54, 1.807) is 31.5 Å². The number of pyridine rings is 1. The van der Waals surface area contributed by atoms with Crippen molar-refractivity contribution in [1.29, 1.82) is 0 Å². The molecular formula is C20H14N4O4. The summed E-state index contributed by atoms with van der Waals surface area (Å²) in [4.78, 5) is 15.0. The third-order valence-corrected chi connectivity index (χ3v) is 4.14. The first kappa shape index (κ1) is 17.3. The van der Waals surface area contributed by atoms with Crippen molar-refractivity contribution < 1.29 is 14.1 Å². The normalized spacial score (nSPS) is 10.6. The van der Waals surface area contributed by atoms with Gasteiger partial charge in [-0.15, -0.1) is 10.2 Å². The van der Waals surface area contributed by atoms with E-state index in [1.807, 2.05) is 36.4 Å². The van der Waals surface area contributed by atoms with Gasteiger partial charge in [0, 0.05) is 12.3 Å². The highest BCUT2D eigenvalue weighted by Crippen LogP contribution is 2.31. The molecule has 4 aromatic rings. The highest BCUT2D eigenvalue weighted by Gasteiger charge is 2.20. The Morgan fingerprint density at radius 3 is 2.57 bits per heavy atom. The number of rotatable bonds is 5. The van der Waals surface area contributed by atoms with Gasteiger partial charge in [-0.25, -0.2) is 0 Å². The van der Waals surface area contributed by atoms with E-state index < -0.39 is 4.92 Å². The van der Waals surface area contributed by atoms with Gasteiger partial charge in [-0.1, -0.05) is 24.3 Å². The van der Waals surface area contributed by atoms with E-state index >= 15 is 0 Å². The van der Waals surface area contributed by atoms with Gasteiger partial charge in [0.25, 0.3) is 17.5 Å². The highest BCUT2D eigenvalue weighted by molar-refractivity contribution is 5.70. The van der Waals surface area contributed by atoms with Crippen LogP contribution in [0.15, 0.2) is 71.3 Å². The van der Waals surface area contributed by atoms with Crippen LogP contribution in [0.3, 0.4) is 0 Å². The van der Waals surface area contributed by atoms with Crippen LogP contribution in [0.25, 0.3) is 34.2 Å². The fourth-order valence-corrected chi connectivity index (χ4v) is 2.78. The van der Waals surface area contributed by atoms with Crippen molar-refractivity contribution in [2.45, 2.75) is 0 Å². The van der Waals surface area contributed by atoms with Gasteiger partial charge in [0.2, 0.25) is 0 Å². The van der Waals surface area contributed by atoms with Crippen LogP contribution in [0.4, 0.5) is 5.69 Å². The Labute approximate surface area is 159 Å². The summed E-state index contributed by atoms with van der Waals surface area (Å²) in [5.41, 5.74) is 2.47. The molecule has 0 fully saturated rings. The van der Waals surface area contributed by atoms with Gasteiger partial charge in [-0.2, -0.15) is 0 Å². The van der Waals surface area contributed by atoms with Crippen LogP contribution in [0.5, 0.6) is 5.75 Å². The Balaban J connectivity index is 1.71. The molecule has 4 rings (SSSR count). The number of nitro groups is 1. The van der Waals surface area contributed by atoms with Gasteiger partial charge in [0.1, 0.15) is 17.0 Å². The summed E-state index contributed by atoms with van der Waals surface area (Å²) in [6.45, 7) is 0. The minimum absolute atomic E-state index is 0.0656. The van der Waals surface area contributed by atoms with Crippen molar-refractivity contribution in [2.75, 3.05) is 7.11 Å². The Morgan fingerprint density at radius 2 is 1.75 bits per heavy atom. The average molecular weight is 374 g/mol. The van der Waals surface area contributed by atoms with Crippen molar-refractivity contribution in [3.63, 3.8) is 0 Å². The topological polar surface area (TPSA) is 104 Å². The summed E-state index contributed by atoms with van der Waals surface area (Å²) in [6, 6.07) is 17.5. The zero-order valence-electron chi connectivity index (χ0n) is 14.8. The second-order valence-corrected chi connectivity index (χ2v) is 5.85. The molecule has 0 amide bonds. The lowest BCUT2D eigenvalue weighted by molar-refractivity contribution is -0.384. The molecule has 0 atom stereocenters. The van der Waals surface area contributed by atoms with Crippen molar-refractivity contribution in [3.05, 3.63) is 77.0 Å². The summed E-state index contributed by atoms with van der Waals surface area (Å²) >= 11 is 0. The predicted octanol–water partition coefficient (Wildman–Crippen LogP) is 4.38. The number of methoxy groups -OCH3 is 1. The van der Waals surface area contributed by atoms with Crippen molar-refractivity contribution >= 4 is 5.69 Å². The van der Waals surface area contributed by atoms with Gasteiger partial charge < -0.3 is 9.15 Å². The molecule has 2 heterocycles. The van der Waals surface area contributed by atoms with Crippen LogP contribution in [0.2, 0.25) is 0 Å². The lowest BCUT2D eigenvalue weighted by Gasteiger charge is -2.05. The molecule has 138 valence electrons. The maximum Gasteiger partial charge on any atom is 0.282 e. The molecule has 0 N–H and O–H groups in total. The minimum atomic E-state index is -0.485. The molecule has 2 aromatic heterocycles. The molecule has 0 saturated heterocycles. The molecule has 0 aliphatic carbocycles. The van der Waals surface area contributed by atoms with E-state index in [9.17, 15) is 10.1 Å². The zero-order valence-corrected chi connectivity index (χ0v) is 14.8. The predicted molar refractivity (Wildman–Crippen MR) is 102 cm³/mol. The quantitative estimate of drug-likeness (QED) is 0.377. The molecule has 0 bridgehead atoms. The van der Waals surface area contributed by atoms with Crippen molar-refractivity contribution in [2.24, 2.45) is 0 Å². The van der Waals surface area contributed by atoms with E-state index in [0.717, 1.165) is 16.9 Å². The van der Waals surface area contributed by atoms with Gasteiger partial charge >= 0.3 is 0 Å².